The van der Waals surface area contributed by atoms with Crippen LogP contribution in [0.5, 0.6) is 0 Å². The molecule has 0 saturated carbocycles. The van der Waals surface area contributed by atoms with Crippen LogP contribution in [0.15, 0.2) is 60.7 Å². The van der Waals surface area contributed by atoms with Crippen molar-refractivity contribution in [2.24, 2.45) is 0 Å². The summed E-state index contributed by atoms with van der Waals surface area (Å²) >= 11 is 0. The molecule has 0 fully saturated rings. The molecule has 0 saturated heterocycles. The molecule has 0 bridgehead atoms. The summed E-state index contributed by atoms with van der Waals surface area (Å²) in [6.07, 6.45) is -0.794. The van der Waals surface area contributed by atoms with Crippen LogP contribution in [-0.4, -0.2) is 35.5 Å². The van der Waals surface area contributed by atoms with Crippen LogP contribution >= 0.6 is 0 Å². The molecule has 5 heteroatoms. The van der Waals surface area contributed by atoms with E-state index in [9.17, 15) is 9.90 Å². The van der Waals surface area contributed by atoms with Crippen molar-refractivity contribution >= 4 is 11.8 Å². The number of benzene rings is 2. The number of anilines is 1. The number of rotatable bonds is 7. The van der Waals surface area contributed by atoms with Gasteiger partial charge in [0.05, 0.1) is 12.1 Å². The Morgan fingerprint density at radius 1 is 1.04 bits per heavy atom. The average Bonchev–Trinajstić information content (AvgIpc) is 2.59. The molecule has 0 aromatic heterocycles. The summed E-state index contributed by atoms with van der Waals surface area (Å²) in [5.74, 6) is 0. The number of hydrogen-bond acceptors (Lipinski definition) is 4. The van der Waals surface area contributed by atoms with E-state index < -0.39 is 23.8 Å². The van der Waals surface area contributed by atoms with E-state index in [1.165, 1.54) is 0 Å². The van der Waals surface area contributed by atoms with Gasteiger partial charge in [-0.3, -0.25) is 0 Å². The third-order valence-corrected chi connectivity index (χ3v) is 3.75. The first-order valence-electron chi connectivity index (χ1n) is 8.84. The van der Waals surface area contributed by atoms with Gasteiger partial charge in [0, 0.05) is 12.2 Å². The molecule has 0 aliphatic heterocycles. The van der Waals surface area contributed by atoms with Crippen molar-refractivity contribution in [2.45, 2.75) is 44.9 Å². The molecule has 5 nitrogen and oxygen atoms in total. The van der Waals surface area contributed by atoms with Gasteiger partial charge in [-0.15, -0.1) is 0 Å². The zero-order chi connectivity index (χ0) is 19.0. The number of para-hydroxylation sites is 1. The maximum Gasteiger partial charge on any atom is 0.407 e. The van der Waals surface area contributed by atoms with Gasteiger partial charge in [-0.05, 0) is 44.9 Å². The minimum atomic E-state index is -0.775. The standard InChI is InChI=1S/C21H28N2O3/c1-21(2,3)26-20(25)23-18(14-16-10-6-4-7-11-16)19(24)15-22-17-12-8-5-9-13-17/h4-13,18-19,22,24H,14-15H2,1-3H3,(H,23,25)/t18-,19-/m0/s1. The molecule has 0 aliphatic carbocycles. The van der Waals surface area contributed by atoms with Crippen molar-refractivity contribution < 1.29 is 14.6 Å². The van der Waals surface area contributed by atoms with Gasteiger partial charge in [0.2, 0.25) is 0 Å². The quantitative estimate of drug-likeness (QED) is 0.709. The Morgan fingerprint density at radius 3 is 2.19 bits per heavy atom. The lowest BCUT2D eigenvalue weighted by Gasteiger charge is -2.27. The maximum atomic E-state index is 12.2. The number of carbonyl (C=O) groups excluding carboxylic acids is 1. The van der Waals surface area contributed by atoms with Crippen LogP contribution in [-0.2, 0) is 11.2 Å². The Labute approximate surface area is 155 Å². The van der Waals surface area contributed by atoms with Gasteiger partial charge >= 0.3 is 6.09 Å². The Balaban J connectivity index is 2.02. The van der Waals surface area contributed by atoms with Gasteiger partial charge < -0.3 is 20.5 Å². The van der Waals surface area contributed by atoms with Crippen LogP contribution in [0.4, 0.5) is 10.5 Å². The van der Waals surface area contributed by atoms with E-state index >= 15 is 0 Å². The summed E-state index contributed by atoms with van der Waals surface area (Å²) in [5, 5.41) is 16.6. The molecular formula is C21H28N2O3. The highest BCUT2D eigenvalue weighted by molar-refractivity contribution is 5.68. The molecule has 2 aromatic rings. The zero-order valence-electron chi connectivity index (χ0n) is 15.6. The summed E-state index contributed by atoms with van der Waals surface area (Å²) < 4.78 is 5.34. The van der Waals surface area contributed by atoms with Gasteiger partial charge in [0.15, 0.2) is 0 Å². The van der Waals surface area contributed by atoms with Crippen LogP contribution in [0.1, 0.15) is 26.3 Å². The number of aliphatic hydroxyl groups excluding tert-OH is 1. The molecule has 26 heavy (non-hydrogen) atoms. The predicted octanol–water partition coefficient (Wildman–Crippen LogP) is 3.60. The van der Waals surface area contributed by atoms with E-state index in [0.29, 0.717) is 13.0 Å². The first-order chi connectivity index (χ1) is 12.3. The van der Waals surface area contributed by atoms with E-state index in [0.717, 1.165) is 11.3 Å². The molecule has 2 rings (SSSR count). The third kappa shape index (κ3) is 7.15. The highest BCUT2D eigenvalue weighted by atomic mass is 16.6. The highest BCUT2D eigenvalue weighted by Crippen LogP contribution is 2.11. The summed E-state index contributed by atoms with van der Waals surface area (Å²) in [6, 6.07) is 18.9. The van der Waals surface area contributed by atoms with Crippen LogP contribution < -0.4 is 10.6 Å². The molecule has 2 aromatic carbocycles. The largest absolute Gasteiger partial charge is 0.444 e. The topological polar surface area (TPSA) is 70.6 Å². The van der Waals surface area contributed by atoms with Crippen molar-refractivity contribution in [2.75, 3.05) is 11.9 Å². The minimum Gasteiger partial charge on any atom is -0.444 e. The summed E-state index contributed by atoms with van der Waals surface area (Å²) in [7, 11) is 0. The van der Waals surface area contributed by atoms with Crippen molar-refractivity contribution in [3.63, 3.8) is 0 Å². The minimum absolute atomic E-state index is 0.317. The molecule has 2 atom stereocenters. The van der Waals surface area contributed by atoms with E-state index in [-0.39, 0.29) is 0 Å². The molecule has 3 N–H and O–H groups in total. The predicted molar refractivity (Wildman–Crippen MR) is 104 cm³/mol. The van der Waals surface area contributed by atoms with E-state index in [4.69, 9.17) is 4.74 Å². The number of carbonyl (C=O) groups is 1. The first kappa shape index (κ1) is 19.8. The zero-order valence-corrected chi connectivity index (χ0v) is 15.6. The van der Waals surface area contributed by atoms with E-state index in [1.807, 2.05) is 81.4 Å². The fourth-order valence-electron chi connectivity index (χ4n) is 2.53. The van der Waals surface area contributed by atoms with E-state index in [2.05, 4.69) is 10.6 Å². The number of aliphatic hydroxyl groups is 1. The lowest BCUT2D eigenvalue weighted by atomic mass is 10.0. The molecule has 0 aliphatic rings. The Bertz CT molecular complexity index is 669. The number of alkyl carbamates (subject to hydrolysis) is 1. The molecule has 0 unspecified atom stereocenters. The van der Waals surface area contributed by atoms with Gasteiger partial charge in [-0.1, -0.05) is 48.5 Å². The maximum absolute atomic E-state index is 12.2. The third-order valence-electron chi connectivity index (χ3n) is 3.75. The van der Waals surface area contributed by atoms with Crippen LogP contribution in [0.25, 0.3) is 0 Å². The highest BCUT2D eigenvalue weighted by Gasteiger charge is 2.24. The molecule has 1 amide bonds. The second-order valence-electron chi connectivity index (χ2n) is 7.26. The fourth-order valence-corrected chi connectivity index (χ4v) is 2.53. The monoisotopic (exact) mass is 356 g/mol. The SMILES string of the molecule is CC(C)(C)OC(=O)N[C@@H](Cc1ccccc1)[C@@H](O)CNc1ccccc1. The van der Waals surface area contributed by atoms with Gasteiger partial charge in [-0.25, -0.2) is 4.79 Å². The first-order valence-corrected chi connectivity index (χ1v) is 8.84. The lowest BCUT2D eigenvalue weighted by Crippen LogP contribution is -2.49. The van der Waals surface area contributed by atoms with Crippen molar-refractivity contribution in [1.29, 1.82) is 0 Å². The number of nitrogens with one attached hydrogen (secondary N) is 2. The normalized spacial score (nSPS) is 13.5. The summed E-state index contributed by atoms with van der Waals surface area (Å²) in [4.78, 5) is 12.2. The van der Waals surface area contributed by atoms with Crippen LogP contribution in [0.2, 0.25) is 0 Å². The summed E-state index contributed by atoms with van der Waals surface area (Å²) in [5.41, 5.74) is 1.36. The molecule has 0 radical (unpaired) electrons. The fraction of sp³-hybridized carbons (Fsp3) is 0.381. The number of ether oxygens (including phenoxy) is 1. The molecule has 140 valence electrons. The second kappa shape index (κ2) is 9.25. The van der Waals surface area contributed by atoms with Gasteiger partial charge in [-0.2, -0.15) is 0 Å². The van der Waals surface area contributed by atoms with Crippen molar-refractivity contribution in [3.8, 4) is 0 Å². The molecular weight excluding hydrogens is 328 g/mol. The van der Waals surface area contributed by atoms with Gasteiger partial charge in [0.1, 0.15) is 5.60 Å². The Hall–Kier alpha value is -2.53. The van der Waals surface area contributed by atoms with Crippen LogP contribution in [0.3, 0.4) is 0 Å². The van der Waals surface area contributed by atoms with Crippen LogP contribution in [0, 0.1) is 0 Å². The van der Waals surface area contributed by atoms with Crippen molar-refractivity contribution in [3.05, 3.63) is 66.2 Å². The van der Waals surface area contributed by atoms with Gasteiger partial charge in [0.25, 0.3) is 0 Å². The number of amides is 1. The Morgan fingerprint density at radius 2 is 1.62 bits per heavy atom. The average molecular weight is 356 g/mol. The Kier molecular flexibility index (Phi) is 7.04. The lowest BCUT2D eigenvalue weighted by molar-refractivity contribution is 0.0433. The number of hydrogen-bond donors (Lipinski definition) is 3. The van der Waals surface area contributed by atoms with Crippen molar-refractivity contribution in [1.82, 2.24) is 5.32 Å². The summed E-state index contributed by atoms with van der Waals surface area (Å²) in [6.45, 7) is 5.75. The second-order valence-corrected chi connectivity index (χ2v) is 7.26. The molecule has 0 heterocycles. The van der Waals surface area contributed by atoms with E-state index in [1.54, 1.807) is 0 Å². The molecule has 0 spiro atoms. The smallest absolute Gasteiger partial charge is 0.407 e.